The van der Waals surface area contributed by atoms with E-state index in [4.69, 9.17) is 35.0 Å². The number of hydrogen-bond acceptors (Lipinski definition) is 6. The fraction of sp³-hybridized carbons (Fsp3) is 0.136. The number of fused-ring (bicyclic) bond motifs is 4. The third-order valence-electron chi connectivity index (χ3n) is 4.83. The van der Waals surface area contributed by atoms with Crippen molar-refractivity contribution in [2.75, 3.05) is 13.9 Å². The van der Waals surface area contributed by atoms with Crippen LogP contribution in [0.3, 0.4) is 0 Å². The van der Waals surface area contributed by atoms with Gasteiger partial charge in [0.2, 0.25) is 6.79 Å². The van der Waals surface area contributed by atoms with Crippen LogP contribution in [0.2, 0.25) is 5.02 Å². The Morgan fingerprint density at radius 3 is 2.52 bits per heavy atom. The first kappa shape index (κ1) is 17.7. The molecule has 1 aromatic heterocycles. The molecular formula is C22H15ClO6. The first-order valence-corrected chi connectivity index (χ1v) is 9.25. The first-order valence-electron chi connectivity index (χ1n) is 8.88. The van der Waals surface area contributed by atoms with Crippen LogP contribution < -0.4 is 24.6 Å². The highest BCUT2D eigenvalue weighted by Gasteiger charge is 2.17. The Hall–Kier alpha value is -3.38. The van der Waals surface area contributed by atoms with E-state index in [0.717, 1.165) is 16.3 Å². The predicted molar refractivity (Wildman–Crippen MR) is 108 cm³/mol. The molecule has 29 heavy (non-hydrogen) atoms. The largest absolute Gasteiger partial charge is 0.497 e. The minimum Gasteiger partial charge on any atom is -0.497 e. The lowest BCUT2D eigenvalue weighted by atomic mass is 10.1. The zero-order valence-electron chi connectivity index (χ0n) is 15.4. The van der Waals surface area contributed by atoms with E-state index in [1.54, 1.807) is 31.4 Å². The minimum atomic E-state index is -0.428. The molecule has 0 bridgehead atoms. The molecule has 0 fully saturated rings. The van der Waals surface area contributed by atoms with Gasteiger partial charge >= 0.3 is 5.63 Å². The van der Waals surface area contributed by atoms with Gasteiger partial charge in [-0.15, -0.1) is 0 Å². The summed E-state index contributed by atoms with van der Waals surface area (Å²) in [6.07, 6.45) is 0. The van der Waals surface area contributed by atoms with Gasteiger partial charge in [-0.3, -0.25) is 0 Å². The van der Waals surface area contributed by atoms with Crippen molar-refractivity contribution in [3.63, 3.8) is 0 Å². The molecule has 0 atom stereocenters. The number of benzene rings is 3. The second-order valence-electron chi connectivity index (χ2n) is 6.54. The summed E-state index contributed by atoms with van der Waals surface area (Å²) in [6.45, 7) is 0.412. The van der Waals surface area contributed by atoms with Crippen LogP contribution >= 0.6 is 11.6 Å². The highest BCUT2D eigenvalue weighted by atomic mass is 35.5. The quantitative estimate of drug-likeness (QED) is 0.351. The van der Waals surface area contributed by atoms with E-state index in [1.807, 2.05) is 24.3 Å². The molecule has 0 amide bonds. The molecule has 0 aliphatic carbocycles. The number of rotatable bonds is 4. The van der Waals surface area contributed by atoms with Gasteiger partial charge in [-0.25, -0.2) is 4.79 Å². The van der Waals surface area contributed by atoms with Crippen molar-refractivity contribution >= 4 is 33.3 Å². The fourth-order valence-electron chi connectivity index (χ4n) is 3.34. The predicted octanol–water partition coefficient (Wildman–Crippen LogP) is 4.92. The summed E-state index contributed by atoms with van der Waals surface area (Å²) >= 11 is 6.29. The van der Waals surface area contributed by atoms with E-state index < -0.39 is 5.63 Å². The van der Waals surface area contributed by atoms with Crippen LogP contribution in [0.5, 0.6) is 23.0 Å². The molecule has 0 saturated heterocycles. The van der Waals surface area contributed by atoms with Crippen LogP contribution in [0.25, 0.3) is 21.7 Å². The Bertz CT molecular complexity index is 1310. The molecular weight excluding hydrogens is 396 g/mol. The van der Waals surface area contributed by atoms with Gasteiger partial charge in [0.1, 0.15) is 23.7 Å². The maximum Gasteiger partial charge on any atom is 0.344 e. The van der Waals surface area contributed by atoms with Gasteiger partial charge < -0.3 is 23.4 Å². The van der Waals surface area contributed by atoms with E-state index in [2.05, 4.69) is 0 Å². The topological polar surface area (TPSA) is 67.1 Å². The highest BCUT2D eigenvalue weighted by molar-refractivity contribution is 6.31. The fourth-order valence-corrected chi connectivity index (χ4v) is 3.55. The maximum absolute atomic E-state index is 12.4. The van der Waals surface area contributed by atoms with Gasteiger partial charge in [0, 0.05) is 28.5 Å². The van der Waals surface area contributed by atoms with E-state index in [1.165, 1.54) is 0 Å². The molecule has 4 aromatic rings. The van der Waals surface area contributed by atoms with E-state index in [9.17, 15) is 4.79 Å². The number of hydrogen-bond donors (Lipinski definition) is 0. The summed E-state index contributed by atoms with van der Waals surface area (Å²) in [5.74, 6) is 2.42. The van der Waals surface area contributed by atoms with Crippen molar-refractivity contribution in [3.8, 4) is 23.0 Å². The Morgan fingerprint density at radius 2 is 1.69 bits per heavy atom. The van der Waals surface area contributed by atoms with Gasteiger partial charge in [-0.1, -0.05) is 11.6 Å². The Kier molecular flexibility index (Phi) is 4.21. The summed E-state index contributed by atoms with van der Waals surface area (Å²) in [5, 5.41) is 2.61. The van der Waals surface area contributed by atoms with Crippen LogP contribution in [0.4, 0.5) is 0 Å². The third-order valence-corrected chi connectivity index (χ3v) is 5.18. The lowest BCUT2D eigenvalue weighted by Gasteiger charge is -2.10. The molecule has 0 saturated carbocycles. The van der Waals surface area contributed by atoms with Crippen LogP contribution in [0.1, 0.15) is 5.56 Å². The second-order valence-corrected chi connectivity index (χ2v) is 6.95. The molecule has 0 spiro atoms. The van der Waals surface area contributed by atoms with Gasteiger partial charge in [-0.05, 0) is 36.4 Å². The number of halogens is 1. The molecule has 6 nitrogen and oxygen atoms in total. The third kappa shape index (κ3) is 3.11. The summed E-state index contributed by atoms with van der Waals surface area (Å²) in [6, 6.07) is 14.2. The van der Waals surface area contributed by atoms with Crippen molar-refractivity contribution in [1.82, 2.24) is 0 Å². The summed E-state index contributed by atoms with van der Waals surface area (Å²) in [4.78, 5) is 12.4. The summed E-state index contributed by atoms with van der Waals surface area (Å²) in [7, 11) is 1.56. The van der Waals surface area contributed by atoms with Gasteiger partial charge in [0.25, 0.3) is 0 Å². The molecule has 7 heteroatoms. The smallest absolute Gasteiger partial charge is 0.344 e. The minimum absolute atomic E-state index is 0.180. The van der Waals surface area contributed by atoms with Gasteiger partial charge in [0.15, 0.2) is 11.5 Å². The Labute approximate surface area is 170 Å². The van der Waals surface area contributed by atoms with E-state index in [0.29, 0.717) is 39.0 Å². The number of ether oxygens (including phenoxy) is 4. The van der Waals surface area contributed by atoms with Gasteiger partial charge in [0.05, 0.1) is 17.5 Å². The zero-order chi connectivity index (χ0) is 20.0. The van der Waals surface area contributed by atoms with E-state index >= 15 is 0 Å². The molecule has 146 valence electrons. The average Bonchev–Trinajstić information content (AvgIpc) is 3.18. The van der Waals surface area contributed by atoms with Crippen molar-refractivity contribution in [1.29, 1.82) is 0 Å². The van der Waals surface area contributed by atoms with Crippen molar-refractivity contribution < 1.29 is 23.4 Å². The normalized spacial score (nSPS) is 12.5. The van der Waals surface area contributed by atoms with Gasteiger partial charge in [-0.2, -0.15) is 0 Å². The molecule has 0 unspecified atom stereocenters. The molecule has 5 rings (SSSR count). The molecule has 1 aliphatic heterocycles. The zero-order valence-corrected chi connectivity index (χ0v) is 16.1. The maximum atomic E-state index is 12.4. The monoisotopic (exact) mass is 410 g/mol. The molecule has 2 heterocycles. The lowest BCUT2D eigenvalue weighted by molar-refractivity contribution is 0.174. The molecule has 1 aliphatic rings. The van der Waals surface area contributed by atoms with Crippen LogP contribution in [-0.2, 0) is 6.61 Å². The highest BCUT2D eigenvalue weighted by Crippen LogP contribution is 2.37. The Balaban J connectivity index is 1.47. The summed E-state index contributed by atoms with van der Waals surface area (Å²) < 4.78 is 27.2. The van der Waals surface area contributed by atoms with Crippen LogP contribution in [-0.4, -0.2) is 13.9 Å². The standard InChI is InChI=1S/C22H15ClO6/c1-25-13-2-4-15-16-5-3-14(8-19(16)29-22(24)17(15)7-13)26-10-12-6-20-21(9-18(12)23)28-11-27-20/h2-9H,10-11H2,1H3. The average molecular weight is 411 g/mol. The van der Waals surface area contributed by atoms with Crippen molar-refractivity contribution in [3.05, 3.63) is 69.5 Å². The van der Waals surface area contributed by atoms with E-state index in [-0.39, 0.29) is 13.4 Å². The van der Waals surface area contributed by atoms with Crippen molar-refractivity contribution in [2.45, 2.75) is 6.61 Å². The molecule has 0 radical (unpaired) electrons. The Morgan fingerprint density at radius 1 is 0.931 bits per heavy atom. The van der Waals surface area contributed by atoms with Crippen LogP contribution in [0, 0.1) is 0 Å². The SMILES string of the molecule is COc1ccc2c(c1)c(=O)oc1cc(OCc3cc4c(cc3Cl)OCO4)ccc12. The van der Waals surface area contributed by atoms with Crippen LogP contribution in [0.15, 0.2) is 57.7 Å². The molecule has 3 aromatic carbocycles. The van der Waals surface area contributed by atoms with Crippen molar-refractivity contribution in [2.24, 2.45) is 0 Å². The first-order chi connectivity index (χ1) is 14.1. The number of methoxy groups -OCH3 is 1. The second kappa shape index (κ2) is 6.90. The lowest BCUT2D eigenvalue weighted by Crippen LogP contribution is -2.01. The molecule has 0 N–H and O–H groups in total. The summed E-state index contributed by atoms with van der Waals surface area (Å²) in [5.41, 5.74) is 0.785.